The summed E-state index contributed by atoms with van der Waals surface area (Å²) in [5.41, 5.74) is 1.55. The van der Waals surface area contributed by atoms with Gasteiger partial charge < -0.3 is 19.3 Å². The summed E-state index contributed by atoms with van der Waals surface area (Å²) in [5, 5.41) is 21.7. The Morgan fingerprint density at radius 2 is 1.16 bits per heavy atom. The number of nitrogens with zero attached hydrogens (tertiary/aromatic N) is 2. The second-order valence-corrected chi connectivity index (χ2v) is 4.53. The van der Waals surface area contributed by atoms with E-state index in [0.717, 1.165) is 37.5 Å². The molecule has 0 aliphatic heterocycles. The van der Waals surface area contributed by atoms with Crippen molar-refractivity contribution in [3.63, 3.8) is 0 Å². The maximum Gasteiger partial charge on any atom is 0.304 e. The molecule has 0 aliphatic carbocycles. The highest BCUT2D eigenvalue weighted by Gasteiger charge is 1.79. The molecule has 0 aliphatic rings. The van der Waals surface area contributed by atoms with Gasteiger partial charge in [-0.1, -0.05) is 24.2 Å². The van der Waals surface area contributed by atoms with Crippen molar-refractivity contribution < 1.29 is 19.3 Å². The number of hydrogen-bond donors (Lipinski definition) is 2. The van der Waals surface area contributed by atoms with Crippen LogP contribution in [0.25, 0.3) is 0 Å². The third kappa shape index (κ3) is 31.6. The minimum absolute atomic E-state index is 0.589. The molecule has 0 saturated carbocycles. The fraction of sp³-hybridized carbons (Fsp3) is 0.833. The van der Waals surface area contributed by atoms with Crippen LogP contribution in [0, 0.1) is 0 Å². The van der Waals surface area contributed by atoms with Crippen LogP contribution in [-0.2, 0) is 8.85 Å². The molecule has 7 heteroatoms. The average Bonchev–Trinajstić information content (AvgIpc) is 2.47. The van der Waals surface area contributed by atoms with Gasteiger partial charge in [-0.2, -0.15) is 0 Å². The van der Waals surface area contributed by atoms with E-state index in [1.165, 1.54) is 0 Å². The van der Waals surface area contributed by atoms with Crippen LogP contribution in [0.3, 0.4) is 0 Å². The number of oxime groups is 2. The zero-order valence-electron chi connectivity index (χ0n) is 13.1. The predicted octanol–water partition coefficient (Wildman–Crippen LogP) is 2.55. The van der Waals surface area contributed by atoms with E-state index < -0.39 is 10.0 Å². The maximum absolute atomic E-state index is 7.92. The Morgan fingerprint density at radius 3 is 1.26 bits per heavy atom. The molecule has 0 aromatic carbocycles. The second kappa shape index (κ2) is 22.3. The molecule has 6 nitrogen and oxygen atoms in total. The van der Waals surface area contributed by atoms with Gasteiger partial charge in [0.2, 0.25) is 0 Å². The Hall–Kier alpha value is -0.923. The van der Waals surface area contributed by atoms with Crippen molar-refractivity contribution in [1.29, 1.82) is 0 Å². The van der Waals surface area contributed by atoms with E-state index in [9.17, 15) is 0 Å². The lowest BCUT2D eigenvalue weighted by molar-refractivity contribution is 0.240. The highest BCUT2D eigenvalue weighted by Crippen LogP contribution is 1.78. The number of hydrogen-bond acceptors (Lipinski definition) is 6. The van der Waals surface area contributed by atoms with Gasteiger partial charge in [0.05, 0.1) is 11.4 Å². The fourth-order valence-corrected chi connectivity index (χ4v) is 0.818. The minimum atomic E-state index is -0.589. The first-order valence-corrected chi connectivity index (χ1v) is 7.69. The summed E-state index contributed by atoms with van der Waals surface area (Å²) < 4.78 is 9.98. The molecule has 0 rings (SSSR count). The third-order valence-corrected chi connectivity index (χ3v) is 3.09. The van der Waals surface area contributed by atoms with Crippen molar-refractivity contribution in [3.8, 4) is 0 Å². The van der Waals surface area contributed by atoms with Gasteiger partial charge in [-0.3, -0.25) is 0 Å². The number of rotatable bonds is 6. The van der Waals surface area contributed by atoms with Crippen molar-refractivity contribution in [2.45, 2.75) is 54.4 Å². The van der Waals surface area contributed by atoms with Crippen LogP contribution < -0.4 is 0 Å². The highest BCUT2D eigenvalue weighted by atomic mass is 28.3. The summed E-state index contributed by atoms with van der Waals surface area (Å²) in [5.74, 6) is 0. The molecule has 0 fully saturated rings. The molecule has 0 heterocycles. The molecule has 0 unspecified atom stereocenters. The zero-order valence-corrected chi connectivity index (χ0v) is 14.6. The van der Waals surface area contributed by atoms with Gasteiger partial charge in [0.15, 0.2) is 0 Å². The molecule has 0 aromatic heterocycles. The van der Waals surface area contributed by atoms with Crippen LogP contribution in [0.4, 0.5) is 0 Å². The largest absolute Gasteiger partial charge is 0.411 e. The van der Waals surface area contributed by atoms with E-state index in [2.05, 4.69) is 10.3 Å². The standard InChI is InChI=1S/2C4H9NO.C4H12O2Si/c2*1-3-4(2)5-6;1-3-5-7-6-4-2/h2*6H,3H2,1-2H3;3-4,7H2,1-2H3. The van der Waals surface area contributed by atoms with E-state index in [1.807, 2.05) is 27.7 Å². The molecule has 2 N–H and O–H groups in total. The lowest BCUT2D eigenvalue weighted by atomic mass is 10.3. The van der Waals surface area contributed by atoms with Crippen LogP contribution in [0.15, 0.2) is 10.3 Å². The van der Waals surface area contributed by atoms with Crippen LogP contribution >= 0.6 is 0 Å². The molecule has 19 heavy (non-hydrogen) atoms. The van der Waals surface area contributed by atoms with Gasteiger partial charge in [-0.15, -0.1) is 0 Å². The van der Waals surface area contributed by atoms with Crippen molar-refractivity contribution in [3.05, 3.63) is 0 Å². The van der Waals surface area contributed by atoms with E-state index in [4.69, 9.17) is 19.3 Å². The quantitative estimate of drug-likeness (QED) is 0.259. The van der Waals surface area contributed by atoms with Crippen LogP contribution in [0.1, 0.15) is 54.4 Å². The lowest BCUT2D eigenvalue weighted by Gasteiger charge is -1.96. The Kier molecular flexibility index (Phi) is 27.2. The topological polar surface area (TPSA) is 83.6 Å². The maximum atomic E-state index is 7.92. The smallest absolute Gasteiger partial charge is 0.304 e. The van der Waals surface area contributed by atoms with Crippen molar-refractivity contribution in [1.82, 2.24) is 0 Å². The molecule has 0 saturated heterocycles. The average molecular weight is 294 g/mol. The van der Waals surface area contributed by atoms with E-state index >= 15 is 0 Å². The van der Waals surface area contributed by atoms with Crippen molar-refractivity contribution >= 4 is 21.4 Å². The Bertz CT molecular complexity index is 202. The molecular formula is C12H30N2O4Si. The summed E-state index contributed by atoms with van der Waals surface area (Å²) in [6.07, 6.45) is 1.66. The molecule has 0 atom stereocenters. The fourth-order valence-electron chi connectivity index (χ4n) is 0.367. The van der Waals surface area contributed by atoms with Crippen LogP contribution in [0.5, 0.6) is 0 Å². The van der Waals surface area contributed by atoms with Gasteiger partial charge in [-0.25, -0.2) is 0 Å². The lowest BCUT2D eigenvalue weighted by Crippen LogP contribution is -2.02. The first kappa shape index (κ1) is 23.2. The van der Waals surface area contributed by atoms with Gasteiger partial charge in [-0.05, 0) is 40.5 Å². The SMILES string of the molecule is CCC(C)=NO.CCC(C)=NO.CCO[SiH2]OCC. The second-order valence-electron chi connectivity index (χ2n) is 3.48. The Labute approximate surface area is 119 Å². The zero-order chi connectivity index (χ0) is 15.5. The molecule has 0 bridgehead atoms. The molecule has 0 amide bonds. The van der Waals surface area contributed by atoms with Crippen molar-refractivity contribution in [2.24, 2.45) is 10.3 Å². The first-order chi connectivity index (χ1) is 9.03. The predicted molar refractivity (Wildman–Crippen MR) is 82.2 cm³/mol. The molecule has 0 spiro atoms. The van der Waals surface area contributed by atoms with Crippen molar-refractivity contribution in [2.75, 3.05) is 13.2 Å². The monoisotopic (exact) mass is 294 g/mol. The molecule has 0 aromatic rings. The Morgan fingerprint density at radius 1 is 0.842 bits per heavy atom. The Balaban J connectivity index is -0.000000203. The van der Waals surface area contributed by atoms with Gasteiger partial charge in [0.1, 0.15) is 0 Å². The normalized spacial score (nSPS) is 11.1. The van der Waals surface area contributed by atoms with E-state index in [1.54, 1.807) is 13.8 Å². The summed E-state index contributed by atoms with van der Waals surface area (Å²) in [6.45, 7) is 13.0. The van der Waals surface area contributed by atoms with Crippen LogP contribution in [-0.4, -0.2) is 45.1 Å². The minimum Gasteiger partial charge on any atom is -0.411 e. The molecule has 116 valence electrons. The summed E-state index contributed by atoms with van der Waals surface area (Å²) in [7, 11) is -0.589. The van der Waals surface area contributed by atoms with Gasteiger partial charge in [0.25, 0.3) is 0 Å². The van der Waals surface area contributed by atoms with Crippen LogP contribution in [0.2, 0.25) is 0 Å². The summed E-state index contributed by atoms with van der Waals surface area (Å²) >= 11 is 0. The van der Waals surface area contributed by atoms with Gasteiger partial charge in [0, 0.05) is 13.2 Å². The van der Waals surface area contributed by atoms with Gasteiger partial charge >= 0.3 is 10.0 Å². The third-order valence-electron chi connectivity index (χ3n) is 1.94. The highest BCUT2D eigenvalue weighted by molar-refractivity contribution is 6.17. The first-order valence-electron chi connectivity index (χ1n) is 6.54. The van der Waals surface area contributed by atoms with E-state index in [-0.39, 0.29) is 0 Å². The molecular weight excluding hydrogens is 264 g/mol. The molecule has 0 radical (unpaired) electrons. The summed E-state index contributed by atoms with van der Waals surface area (Å²) in [4.78, 5) is 0. The summed E-state index contributed by atoms with van der Waals surface area (Å²) in [6, 6.07) is 0. The van der Waals surface area contributed by atoms with E-state index in [0.29, 0.717) is 0 Å².